The van der Waals surface area contributed by atoms with Crippen LogP contribution >= 0.6 is 15.9 Å². The zero-order valence-corrected chi connectivity index (χ0v) is 14.1. The van der Waals surface area contributed by atoms with Gasteiger partial charge in [0.05, 0.1) is 10.5 Å². The number of benzene rings is 1. The maximum absolute atomic E-state index is 12.2. The maximum Gasteiger partial charge on any atom is 0.336 e. The molecule has 0 aliphatic heterocycles. The molecule has 0 aromatic heterocycles. The molecule has 0 spiro atoms. The van der Waals surface area contributed by atoms with E-state index in [0.717, 1.165) is 18.8 Å². The minimum Gasteiger partial charge on any atom is -0.478 e. The standard InChI is InChI=1S/C14H18BrNO4S/c1-9-12(14(17)18)7-11(8-13(9)15)21(19,20)16-6-2-3-10-4-5-10/h7-8,10,16H,2-6H2,1H3,(H,17,18). The molecule has 1 aliphatic carbocycles. The van der Waals surface area contributed by atoms with Gasteiger partial charge in [-0.3, -0.25) is 0 Å². The lowest BCUT2D eigenvalue weighted by molar-refractivity contribution is 0.0695. The third kappa shape index (κ3) is 4.28. The van der Waals surface area contributed by atoms with Crippen molar-refractivity contribution in [1.29, 1.82) is 0 Å². The number of hydrogen-bond acceptors (Lipinski definition) is 3. The summed E-state index contributed by atoms with van der Waals surface area (Å²) in [6.07, 6.45) is 4.35. The number of hydrogen-bond donors (Lipinski definition) is 2. The Kier molecular flexibility index (Phi) is 5.06. The van der Waals surface area contributed by atoms with Gasteiger partial charge in [-0.2, -0.15) is 0 Å². The van der Waals surface area contributed by atoms with Gasteiger partial charge in [0.2, 0.25) is 10.0 Å². The molecule has 0 atom stereocenters. The first-order chi connectivity index (χ1) is 9.81. The summed E-state index contributed by atoms with van der Waals surface area (Å²) in [5.74, 6) is -0.374. The summed E-state index contributed by atoms with van der Waals surface area (Å²) in [5.41, 5.74) is 0.498. The number of halogens is 1. The van der Waals surface area contributed by atoms with Crippen LogP contribution in [0, 0.1) is 12.8 Å². The Morgan fingerprint density at radius 3 is 2.67 bits per heavy atom. The van der Waals surface area contributed by atoms with E-state index < -0.39 is 16.0 Å². The predicted octanol–water partition coefficient (Wildman–Crippen LogP) is 2.92. The number of rotatable bonds is 7. The number of sulfonamides is 1. The molecule has 0 amide bonds. The van der Waals surface area contributed by atoms with Crippen LogP contribution in [-0.2, 0) is 10.0 Å². The van der Waals surface area contributed by atoms with E-state index in [1.807, 2.05) is 0 Å². The van der Waals surface area contributed by atoms with Gasteiger partial charge in [-0.05, 0) is 43.4 Å². The minimum atomic E-state index is -3.68. The van der Waals surface area contributed by atoms with Crippen LogP contribution in [0.2, 0.25) is 0 Å². The van der Waals surface area contributed by atoms with Gasteiger partial charge in [0, 0.05) is 11.0 Å². The van der Waals surface area contributed by atoms with Crippen molar-refractivity contribution >= 4 is 31.9 Å². The van der Waals surface area contributed by atoms with Crippen LogP contribution in [0.4, 0.5) is 0 Å². The second kappa shape index (κ2) is 6.46. The molecule has 7 heteroatoms. The summed E-state index contributed by atoms with van der Waals surface area (Å²) in [5, 5.41) is 9.13. The number of carbonyl (C=O) groups is 1. The molecular weight excluding hydrogens is 358 g/mol. The van der Waals surface area contributed by atoms with Crippen molar-refractivity contribution in [2.24, 2.45) is 5.92 Å². The third-order valence-corrected chi connectivity index (χ3v) is 5.90. The SMILES string of the molecule is Cc1c(Br)cc(S(=O)(=O)NCCCC2CC2)cc1C(=O)O. The van der Waals surface area contributed by atoms with Gasteiger partial charge in [-0.25, -0.2) is 17.9 Å². The van der Waals surface area contributed by atoms with Crippen molar-refractivity contribution in [2.75, 3.05) is 6.54 Å². The first-order valence-electron chi connectivity index (χ1n) is 6.84. The number of carboxylic acid groups (broad SMARTS) is 1. The highest BCUT2D eigenvalue weighted by Crippen LogP contribution is 2.33. The maximum atomic E-state index is 12.2. The summed E-state index contributed by atoms with van der Waals surface area (Å²) < 4.78 is 27.4. The van der Waals surface area contributed by atoms with E-state index in [4.69, 9.17) is 5.11 Å². The predicted molar refractivity (Wildman–Crippen MR) is 83.0 cm³/mol. The fraction of sp³-hybridized carbons (Fsp3) is 0.500. The Hall–Kier alpha value is -0.920. The van der Waals surface area contributed by atoms with E-state index in [-0.39, 0.29) is 10.5 Å². The molecule has 116 valence electrons. The van der Waals surface area contributed by atoms with Gasteiger partial charge >= 0.3 is 5.97 Å². The Bertz CT molecular complexity index is 653. The topological polar surface area (TPSA) is 83.5 Å². The van der Waals surface area contributed by atoms with Gasteiger partial charge in [-0.15, -0.1) is 0 Å². The Balaban J connectivity index is 2.12. The molecule has 2 rings (SSSR count). The molecule has 0 saturated heterocycles. The Labute approximate surface area is 132 Å². The van der Waals surface area contributed by atoms with Gasteiger partial charge in [0.15, 0.2) is 0 Å². The summed E-state index contributed by atoms with van der Waals surface area (Å²) >= 11 is 3.21. The Morgan fingerprint density at radius 2 is 2.10 bits per heavy atom. The van der Waals surface area contributed by atoms with Crippen LogP contribution in [-0.4, -0.2) is 26.0 Å². The fourth-order valence-corrected chi connectivity index (χ4v) is 3.86. The second-order valence-electron chi connectivity index (χ2n) is 5.37. The van der Waals surface area contributed by atoms with Crippen LogP contribution in [0.3, 0.4) is 0 Å². The molecule has 2 N–H and O–H groups in total. The lowest BCUT2D eigenvalue weighted by Crippen LogP contribution is -2.25. The van der Waals surface area contributed by atoms with Crippen LogP contribution in [0.5, 0.6) is 0 Å². The summed E-state index contributed by atoms with van der Waals surface area (Å²) in [7, 11) is -3.68. The highest BCUT2D eigenvalue weighted by Gasteiger charge is 2.22. The van der Waals surface area contributed by atoms with Crippen LogP contribution in [0.1, 0.15) is 41.6 Å². The van der Waals surface area contributed by atoms with E-state index >= 15 is 0 Å². The van der Waals surface area contributed by atoms with Crippen molar-refractivity contribution in [3.8, 4) is 0 Å². The zero-order valence-electron chi connectivity index (χ0n) is 11.7. The number of aromatic carboxylic acids is 1. The van der Waals surface area contributed by atoms with Crippen molar-refractivity contribution in [3.05, 3.63) is 27.7 Å². The Morgan fingerprint density at radius 1 is 1.43 bits per heavy atom. The zero-order chi connectivity index (χ0) is 15.6. The van der Waals surface area contributed by atoms with E-state index in [0.29, 0.717) is 16.6 Å². The van der Waals surface area contributed by atoms with Crippen molar-refractivity contribution in [2.45, 2.75) is 37.5 Å². The largest absolute Gasteiger partial charge is 0.478 e. The van der Waals surface area contributed by atoms with E-state index in [1.54, 1.807) is 6.92 Å². The molecule has 0 unspecified atom stereocenters. The summed E-state index contributed by atoms with van der Waals surface area (Å²) in [6.45, 7) is 2.01. The van der Waals surface area contributed by atoms with Gasteiger partial charge in [0.1, 0.15) is 0 Å². The number of nitrogens with one attached hydrogen (secondary N) is 1. The molecule has 1 aliphatic rings. The normalized spacial score (nSPS) is 15.1. The molecule has 0 bridgehead atoms. The highest BCUT2D eigenvalue weighted by atomic mass is 79.9. The van der Waals surface area contributed by atoms with Crippen molar-refractivity contribution in [1.82, 2.24) is 4.72 Å². The van der Waals surface area contributed by atoms with Crippen LogP contribution < -0.4 is 4.72 Å². The average Bonchev–Trinajstić information content (AvgIpc) is 3.21. The molecule has 0 heterocycles. The van der Waals surface area contributed by atoms with E-state index in [1.165, 1.54) is 25.0 Å². The molecule has 1 aromatic carbocycles. The molecule has 1 saturated carbocycles. The first-order valence-corrected chi connectivity index (χ1v) is 9.12. The highest BCUT2D eigenvalue weighted by molar-refractivity contribution is 9.10. The molecular formula is C14H18BrNO4S. The minimum absolute atomic E-state index is 0.0114. The summed E-state index contributed by atoms with van der Waals surface area (Å²) in [6, 6.07) is 2.64. The smallest absolute Gasteiger partial charge is 0.336 e. The van der Waals surface area contributed by atoms with Crippen molar-refractivity contribution < 1.29 is 18.3 Å². The van der Waals surface area contributed by atoms with E-state index in [2.05, 4.69) is 20.7 Å². The monoisotopic (exact) mass is 375 g/mol. The van der Waals surface area contributed by atoms with Crippen LogP contribution in [0.25, 0.3) is 0 Å². The summed E-state index contributed by atoms with van der Waals surface area (Å²) in [4.78, 5) is 11.1. The molecule has 21 heavy (non-hydrogen) atoms. The lowest BCUT2D eigenvalue weighted by atomic mass is 10.1. The molecule has 1 aromatic rings. The van der Waals surface area contributed by atoms with Crippen molar-refractivity contribution in [3.63, 3.8) is 0 Å². The third-order valence-electron chi connectivity index (χ3n) is 3.64. The molecule has 5 nitrogen and oxygen atoms in total. The number of carboxylic acids is 1. The molecule has 0 radical (unpaired) electrons. The first kappa shape index (κ1) is 16.5. The average molecular weight is 376 g/mol. The lowest BCUT2D eigenvalue weighted by Gasteiger charge is -2.10. The van der Waals surface area contributed by atoms with Crippen LogP contribution in [0.15, 0.2) is 21.5 Å². The van der Waals surface area contributed by atoms with E-state index in [9.17, 15) is 13.2 Å². The van der Waals surface area contributed by atoms with Gasteiger partial charge in [-0.1, -0.05) is 28.8 Å². The van der Waals surface area contributed by atoms with Gasteiger partial charge in [0.25, 0.3) is 0 Å². The second-order valence-corrected chi connectivity index (χ2v) is 7.99. The quantitative estimate of drug-likeness (QED) is 0.717. The molecule has 1 fully saturated rings. The fourth-order valence-electron chi connectivity index (χ4n) is 2.12. The van der Waals surface area contributed by atoms with Gasteiger partial charge < -0.3 is 5.11 Å².